The highest BCUT2D eigenvalue weighted by Gasteiger charge is 2.33. The molecule has 3 aromatic rings. The molecule has 7 nitrogen and oxygen atoms in total. The number of halogens is 2. The molecule has 0 radical (unpaired) electrons. The van der Waals surface area contributed by atoms with Crippen LogP contribution in [0.1, 0.15) is 19.4 Å². The lowest BCUT2D eigenvalue weighted by Crippen LogP contribution is -2.52. The molecule has 1 aliphatic rings. The second-order valence-electron chi connectivity index (χ2n) is 8.93. The van der Waals surface area contributed by atoms with Crippen LogP contribution in [0.3, 0.4) is 0 Å². The highest BCUT2D eigenvalue weighted by molar-refractivity contribution is 6.31. The first kappa shape index (κ1) is 24.1. The molecule has 0 atom stereocenters. The molecule has 1 amide bonds. The quantitative estimate of drug-likeness (QED) is 0.493. The zero-order chi connectivity index (χ0) is 24.5. The Bertz CT molecular complexity index is 1240. The molecule has 0 spiro atoms. The number of fused-ring (bicyclic) bond motifs is 1. The molecule has 2 N–H and O–H groups in total. The summed E-state index contributed by atoms with van der Waals surface area (Å²) < 4.78 is 13.6. The summed E-state index contributed by atoms with van der Waals surface area (Å²) in [6.07, 6.45) is 2.70. The average Bonchev–Trinajstić information content (AvgIpc) is 2.81. The Morgan fingerprint density at radius 2 is 1.91 bits per heavy atom. The van der Waals surface area contributed by atoms with Crippen molar-refractivity contribution in [3.05, 3.63) is 65.7 Å². The van der Waals surface area contributed by atoms with E-state index in [0.717, 1.165) is 37.1 Å². The number of aromatic nitrogens is 2. The van der Waals surface area contributed by atoms with Gasteiger partial charge in [0.2, 0.25) is 5.91 Å². The normalized spacial score (nSPS) is 15.3. The van der Waals surface area contributed by atoms with Crippen LogP contribution in [0.25, 0.3) is 10.9 Å². The monoisotopic (exact) mass is 482 g/mol. The molecule has 9 heteroatoms. The van der Waals surface area contributed by atoms with Crippen LogP contribution in [-0.2, 0) is 10.3 Å². The van der Waals surface area contributed by atoms with E-state index in [1.54, 1.807) is 6.07 Å². The molecule has 2 heterocycles. The number of nitrogens with one attached hydrogen (secondary N) is 2. The summed E-state index contributed by atoms with van der Waals surface area (Å²) in [5.74, 6) is -0.216. The number of hydrogen-bond donors (Lipinski definition) is 2. The van der Waals surface area contributed by atoms with E-state index in [4.69, 9.17) is 11.6 Å². The van der Waals surface area contributed by atoms with E-state index in [9.17, 15) is 9.18 Å². The molecule has 4 rings (SSSR count). The fourth-order valence-corrected chi connectivity index (χ4v) is 4.42. The SMILES string of the molecule is C=CC(=O)Nc1cc2ncnc(Nc3ccc(F)c(Cl)c3)c2cc1C(C)(C)N1CCN(C)CC1. The van der Waals surface area contributed by atoms with Crippen molar-refractivity contribution >= 4 is 45.6 Å². The van der Waals surface area contributed by atoms with Crippen molar-refractivity contribution in [3.8, 4) is 0 Å². The van der Waals surface area contributed by atoms with E-state index in [2.05, 4.69) is 57.9 Å². The van der Waals surface area contributed by atoms with Crippen LogP contribution >= 0.6 is 11.6 Å². The Balaban J connectivity index is 1.82. The first-order valence-corrected chi connectivity index (χ1v) is 11.4. The van der Waals surface area contributed by atoms with Gasteiger partial charge in [0.25, 0.3) is 0 Å². The van der Waals surface area contributed by atoms with Crippen LogP contribution in [0.2, 0.25) is 5.02 Å². The lowest BCUT2D eigenvalue weighted by atomic mass is 9.88. The first-order chi connectivity index (χ1) is 16.2. The predicted molar refractivity (Wildman–Crippen MR) is 135 cm³/mol. The summed E-state index contributed by atoms with van der Waals surface area (Å²) >= 11 is 5.96. The summed E-state index contributed by atoms with van der Waals surface area (Å²) in [4.78, 5) is 25.8. The fraction of sp³-hybridized carbons (Fsp3) is 0.320. The van der Waals surface area contributed by atoms with Crippen molar-refractivity contribution in [1.29, 1.82) is 0 Å². The van der Waals surface area contributed by atoms with Crippen LogP contribution in [-0.4, -0.2) is 58.9 Å². The Morgan fingerprint density at radius 3 is 2.59 bits per heavy atom. The van der Waals surface area contributed by atoms with Crippen molar-refractivity contribution in [1.82, 2.24) is 19.8 Å². The van der Waals surface area contributed by atoms with E-state index < -0.39 is 5.82 Å². The number of carbonyl (C=O) groups excluding carboxylic acids is 1. The summed E-state index contributed by atoms with van der Waals surface area (Å²) in [5, 5.41) is 6.98. The summed E-state index contributed by atoms with van der Waals surface area (Å²) in [6.45, 7) is 11.6. The van der Waals surface area contributed by atoms with Crippen LogP contribution in [0.4, 0.5) is 21.6 Å². The van der Waals surface area contributed by atoms with Gasteiger partial charge in [-0.2, -0.15) is 0 Å². The molecular weight excluding hydrogens is 455 g/mol. The van der Waals surface area contributed by atoms with Gasteiger partial charge in [0.05, 0.1) is 10.5 Å². The minimum absolute atomic E-state index is 0.0228. The second-order valence-corrected chi connectivity index (χ2v) is 9.34. The third kappa shape index (κ3) is 4.89. The smallest absolute Gasteiger partial charge is 0.247 e. The highest BCUT2D eigenvalue weighted by Crippen LogP contribution is 2.38. The maximum Gasteiger partial charge on any atom is 0.247 e. The molecule has 0 saturated carbocycles. The third-order valence-corrected chi connectivity index (χ3v) is 6.64. The van der Waals surface area contributed by atoms with Gasteiger partial charge >= 0.3 is 0 Å². The van der Waals surface area contributed by atoms with Crippen LogP contribution in [0.15, 0.2) is 49.3 Å². The maximum atomic E-state index is 13.6. The molecule has 0 unspecified atom stereocenters. The summed E-state index contributed by atoms with van der Waals surface area (Å²) in [7, 11) is 2.12. The fourth-order valence-electron chi connectivity index (χ4n) is 4.24. The number of rotatable bonds is 6. The third-order valence-electron chi connectivity index (χ3n) is 6.35. The minimum atomic E-state index is -0.487. The summed E-state index contributed by atoms with van der Waals surface area (Å²) in [5.41, 5.74) is 2.50. The topological polar surface area (TPSA) is 73.4 Å². The number of nitrogens with zero attached hydrogens (tertiary/aromatic N) is 4. The molecule has 0 aliphatic carbocycles. The maximum absolute atomic E-state index is 13.6. The van der Waals surface area contributed by atoms with Gasteiger partial charge in [-0.1, -0.05) is 18.2 Å². The molecule has 2 aromatic carbocycles. The van der Waals surface area contributed by atoms with E-state index in [-0.39, 0.29) is 16.5 Å². The minimum Gasteiger partial charge on any atom is -0.340 e. The van der Waals surface area contributed by atoms with Gasteiger partial charge in [-0.05, 0) is 62.9 Å². The number of hydrogen-bond acceptors (Lipinski definition) is 6. The number of piperazine rings is 1. The second kappa shape index (κ2) is 9.66. The molecule has 1 aromatic heterocycles. The molecular formula is C25H28ClFN6O. The van der Waals surface area contributed by atoms with Crippen molar-refractivity contribution in [3.63, 3.8) is 0 Å². The standard InChI is InChI=1S/C25H28ClFN6O/c1-5-23(34)31-22-14-21-17(13-18(22)25(2,3)33-10-8-32(4)9-11-33)24(29-15-28-21)30-16-6-7-20(27)19(26)12-16/h5-7,12-15H,1,8-11H2,2-4H3,(H,31,34)(H,28,29,30). The molecule has 0 bridgehead atoms. The van der Waals surface area contributed by atoms with Gasteiger partial charge < -0.3 is 15.5 Å². The zero-order valence-corrected chi connectivity index (χ0v) is 20.3. The number of amides is 1. The predicted octanol–water partition coefficient (Wildman–Crippen LogP) is 4.77. The van der Waals surface area contributed by atoms with Crippen molar-refractivity contribution < 1.29 is 9.18 Å². The van der Waals surface area contributed by atoms with Crippen LogP contribution in [0.5, 0.6) is 0 Å². The lowest BCUT2D eigenvalue weighted by Gasteiger charge is -2.44. The Labute approximate surface area is 203 Å². The number of benzene rings is 2. The van der Waals surface area contributed by atoms with Gasteiger partial charge in [-0.25, -0.2) is 14.4 Å². The zero-order valence-electron chi connectivity index (χ0n) is 19.5. The van der Waals surface area contributed by atoms with E-state index >= 15 is 0 Å². The lowest BCUT2D eigenvalue weighted by molar-refractivity contribution is -0.111. The number of anilines is 3. The van der Waals surface area contributed by atoms with Gasteiger partial charge in [0, 0.05) is 48.5 Å². The largest absolute Gasteiger partial charge is 0.340 e. The number of likely N-dealkylation sites (N-methyl/N-ethyl adjacent to an activating group) is 1. The molecule has 1 fully saturated rings. The van der Waals surface area contributed by atoms with Crippen molar-refractivity contribution in [2.24, 2.45) is 0 Å². The summed E-state index contributed by atoms with van der Waals surface area (Å²) in [6, 6.07) is 8.29. The van der Waals surface area contributed by atoms with Gasteiger partial charge in [-0.15, -0.1) is 0 Å². The molecule has 34 heavy (non-hydrogen) atoms. The van der Waals surface area contributed by atoms with Gasteiger partial charge in [0.15, 0.2) is 0 Å². The van der Waals surface area contributed by atoms with Gasteiger partial charge in [0.1, 0.15) is 18.0 Å². The highest BCUT2D eigenvalue weighted by atomic mass is 35.5. The average molecular weight is 483 g/mol. The molecule has 1 saturated heterocycles. The van der Waals surface area contributed by atoms with Gasteiger partial charge in [-0.3, -0.25) is 9.69 Å². The van der Waals surface area contributed by atoms with E-state index in [1.165, 1.54) is 24.5 Å². The first-order valence-electron chi connectivity index (χ1n) is 11.1. The Morgan fingerprint density at radius 1 is 1.18 bits per heavy atom. The van der Waals surface area contributed by atoms with Crippen LogP contribution < -0.4 is 10.6 Å². The van der Waals surface area contributed by atoms with Crippen molar-refractivity contribution in [2.45, 2.75) is 19.4 Å². The number of carbonyl (C=O) groups is 1. The Hall–Kier alpha value is -3.07. The van der Waals surface area contributed by atoms with E-state index in [0.29, 0.717) is 22.7 Å². The van der Waals surface area contributed by atoms with E-state index in [1.807, 2.05) is 12.1 Å². The Kier molecular flexibility index (Phi) is 6.84. The van der Waals surface area contributed by atoms with Crippen LogP contribution in [0, 0.1) is 5.82 Å². The van der Waals surface area contributed by atoms with Crippen molar-refractivity contribution in [2.75, 3.05) is 43.9 Å². The molecule has 178 valence electrons. The molecule has 1 aliphatic heterocycles.